The zero-order valence-electron chi connectivity index (χ0n) is 12.5. The summed E-state index contributed by atoms with van der Waals surface area (Å²) in [5.74, 6) is -6.13. The molecule has 0 aliphatic carbocycles. The minimum atomic E-state index is -5.26. The van der Waals surface area contributed by atoms with Gasteiger partial charge in [-0.05, 0) is 64.6 Å². The van der Waals surface area contributed by atoms with E-state index in [-0.39, 0.29) is 0 Å². The highest BCUT2D eigenvalue weighted by Crippen LogP contribution is 2.61. The highest BCUT2D eigenvalue weighted by Gasteiger charge is 2.55. The van der Waals surface area contributed by atoms with Gasteiger partial charge in [0.05, 0.1) is 0 Å². The van der Waals surface area contributed by atoms with E-state index in [1.807, 2.05) is 0 Å². The van der Waals surface area contributed by atoms with Crippen LogP contribution in [-0.4, -0.2) is 34.2 Å². The molecule has 0 amide bonds. The maximum atomic E-state index is 13.1. The Morgan fingerprint density at radius 3 is 1.42 bits per heavy atom. The molecule has 2 aromatic rings. The molecule has 0 fully saturated rings. The molecule has 0 radical (unpaired) electrons. The van der Waals surface area contributed by atoms with Gasteiger partial charge in [-0.1, -0.05) is 0 Å². The van der Waals surface area contributed by atoms with Crippen LogP contribution in [0.3, 0.4) is 0 Å². The van der Waals surface area contributed by atoms with Crippen molar-refractivity contribution in [2.75, 3.05) is 12.0 Å². The molecule has 132 valence electrons. The van der Waals surface area contributed by atoms with Gasteiger partial charge in [0.25, 0.3) is 5.79 Å². The monoisotopic (exact) mass is 366 g/mol. The lowest BCUT2D eigenvalue weighted by molar-refractivity contribution is -0.337. The number of alkyl halides is 3. The zero-order valence-corrected chi connectivity index (χ0v) is 13.3. The molecule has 2 N–H and O–H groups in total. The normalized spacial score (nSPS) is 13.8. The first kappa shape index (κ1) is 18.7. The van der Waals surface area contributed by atoms with Crippen LogP contribution in [0, 0.1) is 11.6 Å². The Kier molecular flexibility index (Phi) is 4.94. The van der Waals surface area contributed by atoms with Crippen molar-refractivity contribution in [1.82, 2.24) is 0 Å². The summed E-state index contributed by atoms with van der Waals surface area (Å²) in [5, 5.41) is 19.0. The summed E-state index contributed by atoms with van der Waals surface area (Å²) in [6.45, 7) is 0. The van der Waals surface area contributed by atoms with Crippen molar-refractivity contribution in [2.45, 2.75) is 21.8 Å². The fourth-order valence-electron chi connectivity index (χ4n) is 2.26. The molecular weight excluding hydrogens is 351 g/mol. The van der Waals surface area contributed by atoms with Gasteiger partial charge in [0.15, 0.2) is 0 Å². The van der Waals surface area contributed by atoms with E-state index >= 15 is 0 Å². The fraction of sp³-hybridized carbons (Fsp3) is 0.250. The zero-order chi connectivity index (χ0) is 18.2. The Balaban J connectivity index is 2.57. The summed E-state index contributed by atoms with van der Waals surface area (Å²) >= 11 is 0. The summed E-state index contributed by atoms with van der Waals surface area (Å²) < 4.78 is 65.0. The highest BCUT2D eigenvalue weighted by atomic mass is 32.3. The Morgan fingerprint density at radius 1 is 0.792 bits per heavy atom. The first-order valence-corrected chi connectivity index (χ1v) is 8.95. The third-order valence-corrected chi connectivity index (χ3v) is 7.22. The molecule has 2 rings (SSSR count). The van der Waals surface area contributed by atoms with E-state index in [1.54, 1.807) is 0 Å². The van der Waals surface area contributed by atoms with Crippen LogP contribution < -0.4 is 0 Å². The number of hydrogen-bond acceptors (Lipinski definition) is 2. The third kappa shape index (κ3) is 3.71. The van der Waals surface area contributed by atoms with Crippen molar-refractivity contribution in [3.63, 3.8) is 0 Å². The molecule has 0 aliphatic heterocycles. The summed E-state index contributed by atoms with van der Waals surface area (Å²) in [6.07, 6.45) is -3.83. The molecule has 0 bridgehead atoms. The molecule has 2 aromatic carbocycles. The molecule has 0 heterocycles. The highest BCUT2D eigenvalue weighted by molar-refractivity contribution is 8.33. The summed E-state index contributed by atoms with van der Waals surface area (Å²) in [6, 6.07) is 9.48. The first-order chi connectivity index (χ1) is 11.0. The topological polar surface area (TPSA) is 40.5 Å². The van der Waals surface area contributed by atoms with E-state index in [9.17, 15) is 32.2 Å². The second-order valence-corrected chi connectivity index (χ2v) is 8.86. The van der Waals surface area contributed by atoms with Gasteiger partial charge in [0, 0.05) is 5.75 Å². The van der Waals surface area contributed by atoms with Crippen LogP contribution in [0.4, 0.5) is 22.0 Å². The van der Waals surface area contributed by atoms with Crippen LogP contribution >= 0.6 is 10.0 Å². The Hall–Kier alpha value is -1.64. The fourth-order valence-corrected chi connectivity index (χ4v) is 5.30. The van der Waals surface area contributed by atoms with Crippen molar-refractivity contribution < 1.29 is 32.2 Å². The average Bonchev–Trinajstić information content (AvgIpc) is 2.46. The molecule has 0 aliphatic rings. The van der Waals surface area contributed by atoms with Crippen LogP contribution in [0.25, 0.3) is 0 Å². The lowest BCUT2D eigenvalue weighted by atomic mass is 10.3. The molecule has 0 spiro atoms. The molecule has 0 atom stereocenters. The Bertz CT molecular complexity index is 650. The lowest BCUT2D eigenvalue weighted by Crippen LogP contribution is -2.49. The van der Waals surface area contributed by atoms with Crippen LogP contribution in [0.15, 0.2) is 58.3 Å². The number of hydrogen-bond donors (Lipinski definition) is 2. The van der Waals surface area contributed by atoms with Gasteiger partial charge in [0.2, 0.25) is 0 Å². The third-order valence-electron chi connectivity index (χ3n) is 3.61. The summed E-state index contributed by atoms with van der Waals surface area (Å²) in [4.78, 5) is 0.625. The van der Waals surface area contributed by atoms with Crippen LogP contribution in [-0.2, 0) is 0 Å². The lowest BCUT2D eigenvalue weighted by Gasteiger charge is -2.41. The van der Waals surface area contributed by atoms with E-state index < -0.39 is 39.4 Å². The van der Waals surface area contributed by atoms with Gasteiger partial charge in [-0.25, -0.2) is 8.78 Å². The van der Waals surface area contributed by atoms with Gasteiger partial charge < -0.3 is 10.2 Å². The van der Waals surface area contributed by atoms with E-state index in [2.05, 4.69) is 0 Å². The van der Waals surface area contributed by atoms with Crippen molar-refractivity contribution in [2.24, 2.45) is 0 Å². The first-order valence-electron chi connectivity index (χ1n) is 6.74. The van der Waals surface area contributed by atoms with Gasteiger partial charge in [-0.3, -0.25) is 0 Å². The smallest absolute Gasteiger partial charge is 0.358 e. The van der Waals surface area contributed by atoms with E-state index in [1.165, 1.54) is 30.5 Å². The predicted molar refractivity (Wildman–Crippen MR) is 80.9 cm³/mol. The Labute approximate surface area is 136 Å². The summed E-state index contributed by atoms with van der Waals surface area (Å²) in [7, 11) is -2.62. The SMILES string of the molecule is CS(CC(O)(O)C(F)(F)F)(c1ccc(F)cc1)c1ccc(F)cc1. The maximum absolute atomic E-state index is 13.1. The van der Waals surface area contributed by atoms with Gasteiger partial charge in [-0.2, -0.15) is 23.2 Å². The second kappa shape index (κ2) is 6.34. The molecule has 0 saturated heterocycles. The van der Waals surface area contributed by atoms with E-state index in [4.69, 9.17) is 0 Å². The van der Waals surface area contributed by atoms with Crippen molar-refractivity contribution in [1.29, 1.82) is 0 Å². The number of benzene rings is 2. The Morgan fingerprint density at radius 2 is 1.12 bits per heavy atom. The number of aliphatic hydroxyl groups is 2. The predicted octanol–water partition coefficient (Wildman–Crippen LogP) is 4.06. The second-order valence-electron chi connectivity index (χ2n) is 5.45. The van der Waals surface area contributed by atoms with Crippen molar-refractivity contribution in [3.8, 4) is 0 Å². The van der Waals surface area contributed by atoms with Gasteiger partial charge in [-0.15, -0.1) is 0 Å². The maximum Gasteiger partial charge on any atom is 0.443 e. The minimum absolute atomic E-state index is 0.312. The quantitative estimate of drug-likeness (QED) is 0.633. The van der Waals surface area contributed by atoms with Crippen LogP contribution in [0.5, 0.6) is 0 Å². The standard InChI is InChI=1S/C16H15F5O2S/c1-24(10-15(22,23)16(19,20)21,13-6-2-11(17)3-7-13)14-8-4-12(18)5-9-14/h2-9,22-23H,10H2,1H3. The molecule has 0 aromatic heterocycles. The molecular formula is C16H15F5O2S. The van der Waals surface area contributed by atoms with E-state index in [0.717, 1.165) is 24.3 Å². The van der Waals surface area contributed by atoms with Gasteiger partial charge >= 0.3 is 6.18 Å². The van der Waals surface area contributed by atoms with Crippen LogP contribution in [0.2, 0.25) is 0 Å². The molecule has 2 nitrogen and oxygen atoms in total. The molecule has 24 heavy (non-hydrogen) atoms. The van der Waals surface area contributed by atoms with Crippen molar-refractivity contribution >= 4 is 10.0 Å². The average molecular weight is 366 g/mol. The molecule has 0 saturated carbocycles. The largest absolute Gasteiger partial charge is 0.443 e. The van der Waals surface area contributed by atoms with Crippen molar-refractivity contribution in [3.05, 3.63) is 60.2 Å². The number of halogens is 5. The summed E-state index contributed by atoms with van der Waals surface area (Å²) in [5.41, 5.74) is 0. The van der Waals surface area contributed by atoms with Gasteiger partial charge in [0.1, 0.15) is 11.6 Å². The van der Waals surface area contributed by atoms with E-state index in [0.29, 0.717) is 9.79 Å². The molecule has 8 heteroatoms. The minimum Gasteiger partial charge on any atom is -0.358 e. The number of rotatable bonds is 4. The molecule has 0 unspecified atom stereocenters. The van der Waals surface area contributed by atoms with Crippen LogP contribution in [0.1, 0.15) is 0 Å².